The van der Waals surface area contributed by atoms with E-state index in [4.69, 9.17) is 5.73 Å². The van der Waals surface area contributed by atoms with Crippen LogP contribution in [0, 0.1) is 0 Å². The van der Waals surface area contributed by atoms with Gasteiger partial charge in [0.2, 0.25) is 5.13 Å². The van der Waals surface area contributed by atoms with E-state index in [2.05, 4.69) is 15.2 Å². The summed E-state index contributed by atoms with van der Waals surface area (Å²) < 4.78 is 37.1. The summed E-state index contributed by atoms with van der Waals surface area (Å²) in [5.41, 5.74) is 4.49. The molecule has 0 aliphatic heterocycles. The molecule has 2 N–H and O–H groups in total. The largest absolute Gasteiger partial charge is 0.433 e. The Morgan fingerprint density at radius 3 is 2.50 bits per heavy atom. The van der Waals surface area contributed by atoms with Gasteiger partial charge in [-0.2, -0.15) is 13.2 Å². The van der Waals surface area contributed by atoms with E-state index in [0.29, 0.717) is 0 Å². The van der Waals surface area contributed by atoms with Gasteiger partial charge in [-0.1, -0.05) is 17.4 Å². The molecule has 16 heavy (non-hydrogen) atoms. The van der Waals surface area contributed by atoms with Gasteiger partial charge in [-0.25, -0.2) is 4.98 Å². The van der Waals surface area contributed by atoms with Gasteiger partial charge in [0.05, 0.1) is 0 Å². The molecule has 2 aromatic heterocycles. The number of anilines is 1. The lowest BCUT2D eigenvalue weighted by atomic mass is 10.3. The number of pyridine rings is 1. The number of nitrogens with zero attached hydrogens (tertiary/aromatic N) is 3. The number of rotatable bonds is 1. The summed E-state index contributed by atoms with van der Waals surface area (Å²) in [6.45, 7) is 0. The van der Waals surface area contributed by atoms with Crippen molar-refractivity contribution in [2.45, 2.75) is 6.18 Å². The van der Waals surface area contributed by atoms with Crippen LogP contribution in [0.15, 0.2) is 18.2 Å². The molecule has 0 radical (unpaired) electrons. The molecule has 2 heterocycles. The predicted molar refractivity (Wildman–Crippen MR) is 52.6 cm³/mol. The van der Waals surface area contributed by atoms with E-state index in [9.17, 15) is 13.2 Å². The van der Waals surface area contributed by atoms with Gasteiger partial charge in [0.25, 0.3) is 0 Å². The Morgan fingerprint density at radius 1 is 1.19 bits per heavy atom. The molecule has 4 nitrogen and oxygen atoms in total. The summed E-state index contributed by atoms with van der Waals surface area (Å²) in [7, 11) is 0. The number of hydrogen-bond acceptors (Lipinski definition) is 5. The van der Waals surface area contributed by atoms with Crippen LogP contribution in [0.1, 0.15) is 5.69 Å². The van der Waals surface area contributed by atoms with Gasteiger partial charge in [0.15, 0.2) is 5.01 Å². The first-order chi connectivity index (χ1) is 7.47. The van der Waals surface area contributed by atoms with Crippen LogP contribution in [0.3, 0.4) is 0 Å². The highest BCUT2D eigenvalue weighted by atomic mass is 32.1. The molecular weight excluding hydrogens is 241 g/mol. The van der Waals surface area contributed by atoms with Crippen LogP contribution in [0.25, 0.3) is 10.7 Å². The molecule has 0 amide bonds. The molecule has 0 atom stereocenters. The van der Waals surface area contributed by atoms with Crippen LogP contribution in [-0.4, -0.2) is 15.2 Å². The molecule has 0 unspecified atom stereocenters. The number of alkyl halides is 3. The number of nitrogens with two attached hydrogens (primary N) is 1. The summed E-state index contributed by atoms with van der Waals surface area (Å²) in [4.78, 5) is 3.45. The maximum Gasteiger partial charge on any atom is 0.433 e. The second kappa shape index (κ2) is 3.71. The van der Waals surface area contributed by atoms with E-state index >= 15 is 0 Å². The SMILES string of the molecule is Nc1nnc(-c2cccc(C(F)(F)F)n2)s1. The normalized spacial score (nSPS) is 11.7. The molecule has 2 aromatic rings. The highest BCUT2D eigenvalue weighted by Crippen LogP contribution is 2.30. The lowest BCUT2D eigenvalue weighted by molar-refractivity contribution is -0.141. The first-order valence-electron chi connectivity index (χ1n) is 4.10. The van der Waals surface area contributed by atoms with Gasteiger partial charge in [-0.3, -0.25) is 0 Å². The maximum atomic E-state index is 12.4. The van der Waals surface area contributed by atoms with Crippen LogP contribution >= 0.6 is 11.3 Å². The third-order valence-electron chi connectivity index (χ3n) is 1.70. The lowest BCUT2D eigenvalue weighted by Crippen LogP contribution is -2.07. The second-order valence-electron chi connectivity index (χ2n) is 2.85. The Hall–Kier alpha value is -1.70. The molecule has 84 valence electrons. The van der Waals surface area contributed by atoms with Crippen molar-refractivity contribution in [2.75, 3.05) is 5.73 Å². The number of hydrogen-bond donors (Lipinski definition) is 1. The molecule has 0 saturated heterocycles. The smallest absolute Gasteiger partial charge is 0.374 e. The molecule has 0 aliphatic rings. The van der Waals surface area contributed by atoms with Crippen molar-refractivity contribution >= 4 is 16.5 Å². The summed E-state index contributed by atoms with van der Waals surface area (Å²) in [5.74, 6) is 0. The van der Waals surface area contributed by atoms with Gasteiger partial charge in [0.1, 0.15) is 11.4 Å². The van der Waals surface area contributed by atoms with Gasteiger partial charge >= 0.3 is 6.18 Å². The van der Waals surface area contributed by atoms with Crippen LogP contribution in [0.5, 0.6) is 0 Å². The Bertz CT molecular complexity index is 508. The van der Waals surface area contributed by atoms with Crippen LogP contribution in [0.4, 0.5) is 18.3 Å². The number of nitrogen functional groups attached to an aromatic ring is 1. The predicted octanol–water partition coefficient (Wildman–Crippen LogP) is 2.20. The lowest BCUT2D eigenvalue weighted by Gasteiger charge is -2.05. The molecule has 0 aliphatic carbocycles. The van der Waals surface area contributed by atoms with Crippen molar-refractivity contribution in [3.05, 3.63) is 23.9 Å². The minimum absolute atomic E-state index is 0.115. The van der Waals surface area contributed by atoms with Gasteiger partial charge in [0, 0.05) is 0 Å². The number of halogens is 3. The van der Waals surface area contributed by atoms with E-state index in [1.807, 2.05) is 0 Å². The van der Waals surface area contributed by atoms with E-state index in [0.717, 1.165) is 17.4 Å². The summed E-state index contributed by atoms with van der Waals surface area (Å²) >= 11 is 0.986. The summed E-state index contributed by atoms with van der Waals surface area (Å²) in [5, 5.41) is 7.59. The first kappa shape index (κ1) is 10.8. The fourth-order valence-corrected chi connectivity index (χ4v) is 1.63. The quantitative estimate of drug-likeness (QED) is 0.837. The van der Waals surface area contributed by atoms with Crippen molar-refractivity contribution in [1.82, 2.24) is 15.2 Å². The molecule has 0 saturated carbocycles. The zero-order chi connectivity index (χ0) is 11.8. The molecule has 0 bridgehead atoms. The van der Waals surface area contributed by atoms with Gasteiger partial charge < -0.3 is 5.73 Å². The van der Waals surface area contributed by atoms with Crippen molar-refractivity contribution in [3.63, 3.8) is 0 Å². The van der Waals surface area contributed by atoms with Crippen LogP contribution in [0.2, 0.25) is 0 Å². The van der Waals surface area contributed by atoms with E-state index < -0.39 is 11.9 Å². The maximum absolute atomic E-state index is 12.4. The molecular formula is C8H5F3N4S. The molecule has 2 rings (SSSR count). The summed E-state index contributed by atoms with van der Waals surface area (Å²) in [6, 6.07) is 3.59. The fraction of sp³-hybridized carbons (Fsp3) is 0.125. The molecule has 8 heteroatoms. The molecule has 0 aromatic carbocycles. The van der Waals surface area contributed by atoms with Gasteiger partial charge in [-0.05, 0) is 12.1 Å². The van der Waals surface area contributed by atoms with E-state index in [1.165, 1.54) is 12.1 Å². The third-order valence-corrected chi connectivity index (χ3v) is 2.47. The van der Waals surface area contributed by atoms with Crippen molar-refractivity contribution in [3.8, 4) is 10.7 Å². The molecule has 0 spiro atoms. The zero-order valence-corrected chi connectivity index (χ0v) is 8.51. The Labute approximate surface area is 92.0 Å². The zero-order valence-electron chi connectivity index (χ0n) is 7.69. The van der Waals surface area contributed by atoms with Crippen molar-refractivity contribution < 1.29 is 13.2 Å². The topological polar surface area (TPSA) is 64.7 Å². The van der Waals surface area contributed by atoms with Crippen molar-refractivity contribution in [2.24, 2.45) is 0 Å². The minimum Gasteiger partial charge on any atom is -0.374 e. The Morgan fingerprint density at radius 2 is 1.94 bits per heavy atom. The van der Waals surface area contributed by atoms with E-state index in [1.54, 1.807) is 0 Å². The average molecular weight is 246 g/mol. The third kappa shape index (κ3) is 2.11. The van der Waals surface area contributed by atoms with E-state index in [-0.39, 0.29) is 15.8 Å². The molecule has 0 fully saturated rings. The second-order valence-corrected chi connectivity index (χ2v) is 3.86. The monoisotopic (exact) mass is 246 g/mol. The standard InChI is InChI=1S/C8H5F3N4S/c9-8(10,11)5-3-1-2-4(13-5)6-14-15-7(12)16-6/h1-3H,(H2,12,15). The van der Waals surface area contributed by atoms with Crippen LogP contribution in [-0.2, 0) is 6.18 Å². The summed E-state index contributed by atoms with van der Waals surface area (Å²) in [6.07, 6.45) is -4.47. The van der Waals surface area contributed by atoms with Gasteiger partial charge in [-0.15, -0.1) is 10.2 Å². The first-order valence-corrected chi connectivity index (χ1v) is 4.92. The fourth-order valence-electron chi connectivity index (χ4n) is 1.05. The average Bonchev–Trinajstić information content (AvgIpc) is 2.64. The van der Waals surface area contributed by atoms with Crippen molar-refractivity contribution in [1.29, 1.82) is 0 Å². The highest BCUT2D eigenvalue weighted by Gasteiger charge is 2.32. The highest BCUT2D eigenvalue weighted by molar-refractivity contribution is 7.18. The number of aromatic nitrogens is 3. The Balaban J connectivity index is 2.44. The Kier molecular flexibility index (Phi) is 2.50. The van der Waals surface area contributed by atoms with Crippen LogP contribution < -0.4 is 5.73 Å². The minimum atomic E-state index is -4.47.